The highest BCUT2D eigenvalue weighted by atomic mass is 127. The number of guanidine groups is 1. The quantitative estimate of drug-likeness (QED) is 0.293. The first-order valence-electron chi connectivity index (χ1n) is 6.47. The molecule has 0 aliphatic rings. The summed E-state index contributed by atoms with van der Waals surface area (Å²) in [4.78, 5) is 4.24. The number of methoxy groups -OCH3 is 1. The largest absolute Gasteiger partial charge is 0.495 e. The summed E-state index contributed by atoms with van der Waals surface area (Å²) < 4.78 is 5.09. The highest BCUT2D eigenvalue weighted by Gasteiger charge is 2.07. The Morgan fingerprint density at radius 1 is 1.38 bits per heavy atom. The maximum atomic E-state index is 6.03. The van der Waals surface area contributed by atoms with E-state index >= 15 is 0 Å². The van der Waals surface area contributed by atoms with Crippen LogP contribution in [0.15, 0.2) is 23.2 Å². The molecule has 0 aromatic heterocycles. The Labute approximate surface area is 148 Å². The summed E-state index contributed by atoms with van der Waals surface area (Å²) in [5.41, 5.74) is 6.68. The van der Waals surface area contributed by atoms with Crippen molar-refractivity contribution < 1.29 is 4.74 Å². The zero-order valence-corrected chi connectivity index (χ0v) is 16.0. The maximum Gasteiger partial charge on any atom is 0.193 e. The molecule has 0 bridgehead atoms. The molecule has 1 aromatic rings. The van der Waals surface area contributed by atoms with Crippen molar-refractivity contribution in [3.05, 3.63) is 23.2 Å². The van der Waals surface area contributed by atoms with Gasteiger partial charge in [0.1, 0.15) is 5.75 Å². The van der Waals surface area contributed by atoms with Crippen molar-refractivity contribution in [2.24, 2.45) is 10.7 Å². The second kappa shape index (κ2) is 9.32. The van der Waals surface area contributed by atoms with Crippen LogP contribution in [0.1, 0.15) is 20.8 Å². The molecule has 21 heavy (non-hydrogen) atoms. The van der Waals surface area contributed by atoms with E-state index < -0.39 is 0 Å². The molecule has 0 aliphatic heterocycles. The van der Waals surface area contributed by atoms with Crippen LogP contribution in [0.2, 0.25) is 5.02 Å². The van der Waals surface area contributed by atoms with E-state index in [1.165, 1.54) is 0 Å². The van der Waals surface area contributed by atoms with Gasteiger partial charge in [-0.15, -0.1) is 24.0 Å². The van der Waals surface area contributed by atoms with E-state index in [-0.39, 0.29) is 29.5 Å². The van der Waals surface area contributed by atoms with Gasteiger partial charge in [0.05, 0.1) is 18.7 Å². The molecule has 1 aromatic carbocycles. The average Bonchev–Trinajstić information content (AvgIpc) is 2.34. The van der Waals surface area contributed by atoms with Crippen LogP contribution in [-0.2, 0) is 0 Å². The lowest BCUT2D eigenvalue weighted by atomic mass is 10.1. The summed E-state index contributed by atoms with van der Waals surface area (Å²) in [6, 6.07) is 5.36. The van der Waals surface area contributed by atoms with Crippen molar-refractivity contribution in [3.8, 4) is 5.75 Å². The first-order valence-corrected chi connectivity index (χ1v) is 6.85. The van der Waals surface area contributed by atoms with Gasteiger partial charge >= 0.3 is 0 Å². The number of rotatable bonds is 5. The standard InChI is InChI=1S/C14H23ClN4O.HI/c1-14(2,3)18-8-7-17-13(16)19-10-5-6-12(20-4)11(15)9-10;/h5-6,9,18H,7-8H2,1-4H3,(H3,16,17,19);1H. The van der Waals surface area contributed by atoms with Crippen molar-refractivity contribution in [1.29, 1.82) is 0 Å². The summed E-state index contributed by atoms with van der Waals surface area (Å²) in [6.07, 6.45) is 0. The van der Waals surface area contributed by atoms with Gasteiger partial charge in [0, 0.05) is 17.8 Å². The molecule has 0 saturated heterocycles. The van der Waals surface area contributed by atoms with E-state index in [1.54, 1.807) is 19.2 Å². The highest BCUT2D eigenvalue weighted by Crippen LogP contribution is 2.26. The molecule has 0 heterocycles. The van der Waals surface area contributed by atoms with E-state index in [4.69, 9.17) is 22.1 Å². The van der Waals surface area contributed by atoms with Gasteiger partial charge in [0.15, 0.2) is 5.96 Å². The van der Waals surface area contributed by atoms with Crippen molar-refractivity contribution in [2.45, 2.75) is 26.3 Å². The molecule has 0 atom stereocenters. The zero-order chi connectivity index (χ0) is 15.2. The fourth-order valence-corrected chi connectivity index (χ4v) is 1.80. The monoisotopic (exact) mass is 426 g/mol. The van der Waals surface area contributed by atoms with E-state index in [1.807, 2.05) is 6.07 Å². The molecule has 5 nitrogen and oxygen atoms in total. The number of nitrogens with one attached hydrogen (secondary N) is 2. The molecule has 4 N–H and O–H groups in total. The van der Waals surface area contributed by atoms with Crippen LogP contribution in [-0.4, -0.2) is 31.7 Å². The highest BCUT2D eigenvalue weighted by molar-refractivity contribution is 14.0. The first kappa shape index (κ1) is 20.3. The van der Waals surface area contributed by atoms with Crippen molar-refractivity contribution in [3.63, 3.8) is 0 Å². The van der Waals surface area contributed by atoms with Crippen LogP contribution in [0.25, 0.3) is 0 Å². The second-order valence-corrected chi connectivity index (χ2v) is 5.83. The third kappa shape index (κ3) is 8.33. The Hall–Kier alpha value is -0.730. The number of anilines is 1. The number of ether oxygens (including phenoxy) is 1. The van der Waals surface area contributed by atoms with E-state index in [9.17, 15) is 0 Å². The molecule has 120 valence electrons. The lowest BCUT2D eigenvalue weighted by Gasteiger charge is -2.19. The third-order valence-electron chi connectivity index (χ3n) is 2.47. The van der Waals surface area contributed by atoms with Crippen LogP contribution < -0.4 is 21.1 Å². The number of halogens is 2. The molecule has 0 saturated carbocycles. The molecular formula is C14H24ClIN4O. The minimum atomic E-state index is 0. The number of nitrogens with two attached hydrogens (primary N) is 1. The van der Waals surface area contributed by atoms with Gasteiger partial charge in [0.25, 0.3) is 0 Å². The van der Waals surface area contributed by atoms with Crippen LogP contribution in [0.4, 0.5) is 5.69 Å². The number of benzene rings is 1. The van der Waals surface area contributed by atoms with Crippen molar-refractivity contribution in [1.82, 2.24) is 5.32 Å². The Morgan fingerprint density at radius 2 is 2.05 bits per heavy atom. The number of hydrogen-bond acceptors (Lipinski definition) is 3. The number of aliphatic imine (C=N–C) groups is 1. The molecule has 0 spiro atoms. The van der Waals surface area contributed by atoms with Crippen LogP contribution in [0.5, 0.6) is 5.75 Å². The summed E-state index contributed by atoms with van der Waals surface area (Å²) >= 11 is 6.03. The van der Waals surface area contributed by atoms with Gasteiger partial charge in [-0.1, -0.05) is 11.6 Å². The third-order valence-corrected chi connectivity index (χ3v) is 2.77. The summed E-state index contributed by atoms with van der Waals surface area (Å²) in [7, 11) is 1.58. The lowest BCUT2D eigenvalue weighted by Crippen LogP contribution is -2.37. The number of hydrogen-bond donors (Lipinski definition) is 3. The Bertz CT molecular complexity index is 475. The van der Waals surface area contributed by atoms with E-state index in [2.05, 4.69) is 36.4 Å². The fraction of sp³-hybridized carbons (Fsp3) is 0.500. The molecule has 0 aliphatic carbocycles. The minimum absolute atomic E-state index is 0. The van der Waals surface area contributed by atoms with E-state index in [0.717, 1.165) is 12.2 Å². The molecule has 1 rings (SSSR count). The Kier molecular flexibility index (Phi) is 9.00. The maximum absolute atomic E-state index is 6.03. The van der Waals surface area contributed by atoms with Gasteiger partial charge in [-0.05, 0) is 39.0 Å². The van der Waals surface area contributed by atoms with Crippen LogP contribution in [0, 0.1) is 0 Å². The summed E-state index contributed by atoms with van der Waals surface area (Å²) in [6.45, 7) is 7.71. The number of nitrogens with zero attached hydrogens (tertiary/aromatic N) is 1. The van der Waals surface area contributed by atoms with Gasteiger partial charge in [0.2, 0.25) is 0 Å². The van der Waals surface area contributed by atoms with Crippen molar-refractivity contribution >= 4 is 47.2 Å². The Balaban J connectivity index is 0.00000400. The average molecular weight is 427 g/mol. The minimum Gasteiger partial charge on any atom is -0.495 e. The first-order chi connectivity index (χ1) is 9.31. The molecule has 0 unspecified atom stereocenters. The lowest BCUT2D eigenvalue weighted by molar-refractivity contribution is 0.415. The normalized spacial score (nSPS) is 11.8. The fourth-order valence-electron chi connectivity index (χ4n) is 1.54. The van der Waals surface area contributed by atoms with Gasteiger partial charge < -0.3 is 21.1 Å². The summed E-state index contributed by atoms with van der Waals surface area (Å²) in [5.74, 6) is 0.990. The molecule has 7 heteroatoms. The SMILES string of the molecule is COc1ccc(NC(N)=NCCNC(C)(C)C)cc1Cl.I. The Morgan fingerprint density at radius 3 is 2.57 bits per heavy atom. The van der Waals surface area contributed by atoms with Crippen molar-refractivity contribution in [2.75, 3.05) is 25.5 Å². The van der Waals surface area contributed by atoms with Gasteiger partial charge in [-0.3, -0.25) is 4.99 Å². The summed E-state index contributed by atoms with van der Waals surface area (Å²) in [5, 5.41) is 6.86. The van der Waals surface area contributed by atoms with E-state index in [0.29, 0.717) is 23.3 Å². The molecule has 0 fully saturated rings. The smallest absolute Gasteiger partial charge is 0.193 e. The van der Waals surface area contributed by atoms with Gasteiger partial charge in [-0.25, -0.2) is 0 Å². The zero-order valence-electron chi connectivity index (χ0n) is 12.9. The van der Waals surface area contributed by atoms with Crippen LogP contribution >= 0.6 is 35.6 Å². The topological polar surface area (TPSA) is 71.7 Å². The molecular weight excluding hydrogens is 403 g/mol. The van der Waals surface area contributed by atoms with Crippen LogP contribution in [0.3, 0.4) is 0 Å². The molecule has 0 radical (unpaired) electrons. The molecule has 0 amide bonds. The van der Waals surface area contributed by atoms with Gasteiger partial charge in [-0.2, -0.15) is 0 Å². The second-order valence-electron chi connectivity index (χ2n) is 5.42. The predicted octanol–water partition coefficient (Wildman–Crippen LogP) is 3.08. The predicted molar refractivity (Wildman–Crippen MR) is 101 cm³/mol.